The second kappa shape index (κ2) is 7.27. The van der Waals surface area contributed by atoms with Gasteiger partial charge in [-0.3, -0.25) is 9.59 Å². The minimum Gasteiger partial charge on any atom is -0.378 e. The third-order valence-electron chi connectivity index (χ3n) is 5.59. The molecule has 142 valence electrons. The van der Waals surface area contributed by atoms with Crippen LogP contribution in [0.1, 0.15) is 31.2 Å². The van der Waals surface area contributed by atoms with Crippen LogP contribution in [0.25, 0.3) is 0 Å². The molecule has 27 heavy (non-hydrogen) atoms. The van der Waals surface area contributed by atoms with E-state index in [2.05, 4.69) is 5.32 Å². The van der Waals surface area contributed by atoms with Crippen molar-refractivity contribution >= 4 is 11.7 Å². The SMILES string of the molecule is CC1=C(C(=O)N2CCOCC2)C(c2ccccc2F)C2C(=O)CCC=C2N1. The van der Waals surface area contributed by atoms with Gasteiger partial charge in [-0.25, -0.2) is 4.39 Å². The summed E-state index contributed by atoms with van der Waals surface area (Å²) in [6, 6.07) is 6.45. The molecule has 1 amide bonds. The van der Waals surface area contributed by atoms with Crippen molar-refractivity contribution in [3.05, 3.63) is 58.7 Å². The van der Waals surface area contributed by atoms with E-state index in [4.69, 9.17) is 4.74 Å². The number of rotatable bonds is 2. The number of carbonyl (C=O) groups is 2. The van der Waals surface area contributed by atoms with Crippen LogP contribution in [-0.2, 0) is 14.3 Å². The molecule has 1 aliphatic carbocycles. The standard InChI is InChI=1S/C21H23FN2O3/c1-13-18(21(26)24-9-11-27-12-10-24)19(14-5-2-3-6-15(14)22)20-16(23-13)7-4-8-17(20)25/h2-3,5-7,19-20,23H,4,8-12H2,1H3. The number of morpholine rings is 1. The summed E-state index contributed by atoms with van der Waals surface area (Å²) in [5, 5.41) is 3.26. The number of ether oxygens (including phenoxy) is 1. The molecule has 3 aliphatic rings. The summed E-state index contributed by atoms with van der Waals surface area (Å²) in [5.74, 6) is -1.63. The number of amides is 1. The van der Waals surface area contributed by atoms with Gasteiger partial charge in [-0.2, -0.15) is 0 Å². The van der Waals surface area contributed by atoms with Crippen LogP contribution in [0.2, 0.25) is 0 Å². The van der Waals surface area contributed by atoms with E-state index in [0.29, 0.717) is 56.0 Å². The Hall–Kier alpha value is -2.47. The number of halogens is 1. The van der Waals surface area contributed by atoms with Gasteiger partial charge in [0.1, 0.15) is 11.6 Å². The summed E-state index contributed by atoms with van der Waals surface area (Å²) >= 11 is 0. The van der Waals surface area contributed by atoms with Crippen molar-refractivity contribution in [1.82, 2.24) is 10.2 Å². The molecule has 0 aromatic heterocycles. The number of allylic oxidation sites excluding steroid dienone is 3. The van der Waals surface area contributed by atoms with Gasteiger partial charge >= 0.3 is 0 Å². The predicted molar refractivity (Wildman–Crippen MR) is 98.2 cm³/mol. The number of Topliss-reactive ketones (excluding diaryl/α,β-unsaturated/α-hetero) is 1. The highest BCUT2D eigenvalue weighted by Crippen LogP contribution is 2.44. The van der Waals surface area contributed by atoms with Crippen LogP contribution in [-0.4, -0.2) is 42.9 Å². The van der Waals surface area contributed by atoms with Gasteiger partial charge in [0.2, 0.25) is 0 Å². The van der Waals surface area contributed by atoms with Gasteiger partial charge in [-0.15, -0.1) is 0 Å². The van der Waals surface area contributed by atoms with Gasteiger partial charge in [0, 0.05) is 42.4 Å². The van der Waals surface area contributed by atoms with E-state index in [9.17, 15) is 14.0 Å². The predicted octanol–water partition coefficient (Wildman–Crippen LogP) is 2.51. The molecule has 0 saturated carbocycles. The minimum atomic E-state index is -0.609. The fourth-order valence-corrected chi connectivity index (χ4v) is 4.30. The van der Waals surface area contributed by atoms with Gasteiger partial charge in [0.05, 0.1) is 19.1 Å². The molecule has 0 radical (unpaired) electrons. The van der Waals surface area contributed by atoms with Crippen molar-refractivity contribution in [2.75, 3.05) is 26.3 Å². The topological polar surface area (TPSA) is 58.6 Å². The fourth-order valence-electron chi connectivity index (χ4n) is 4.30. The lowest BCUT2D eigenvalue weighted by atomic mass is 9.70. The first-order chi connectivity index (χ1) is 13.1. The minimum absolute atomic E-state index is 0.0491. The van der Waals surface area contributed by atoms with Crippen molar-refractivity contribution in [2.45, 2.75) is 25.7 Å². The number of fused-ring (bicyclic) bond motifs is 1. The molecule has 4 rings (SSSR count). The monoisotopic (exact) mass is 370 g/mol. The molecule has 1 N–H and O–H groups in total. The van der Waals surface area contributed by atoms with Crippen molar-refractivity contribution in [3.63, 3.8) is 0 Å². The zero-order valence-electron chi connectivity index (χ0n) is 15.3. The first kappa shape index (κ1) is 17.9. The Balaban J connectivity index is 1.84. The highest BCUT2D eigenvalue weighted by molar-refractivity contribution is 5.99. The van der Waals surface area contributed by atoms with Crippen molar-refractivity contribution in [3.8, 4) is 0 Å². The van der Waals surface area contributed by atoms with Gasteiger partial charge < -0.3 is 15.0 Å². The first-order valence-corrected chi connectivity index (χ1v) is 9.40. The number of benzene rings is 1. The Kier molecular flexibility index (Phi) is 4.83. The van der Waals surface area contributed by atoms with E-state index in [1.165, 1.54) is 6.07 Å². The number of nitrogens with one attached hydrogen (secondary N) is 1. The quantitative estimate of drug-likeness (QED) is 0.869. The third-order valence-corrected chi connectivity index (χ3v) is 5.59. The summed E-state index contributed by atoms with van der Waals surface area (Å²) < 4.78 is 20.1. The van der Waals surface area contributed by atoms with Crippen LogP contribution in [0.5, 0.6) is 0 Å². The van der Waals surface area contributed by atoms with Crippen LogP contribution < -0.4 is 5.32 Å². The second-order valence-corrected chi connectivity index (χ2v) is 7.21. The van der Waals surface area contributed by atoms with Crippen LogP contribution in [0.15, 0.2) is 47.3 Å². The Bertz CT molecular complexity index is 840. The maximum atomic E-state index is 14.7. The molecule has 1 aromatic carbocycles. The van der Waals surface area contributed by atoms with Crippen molar-refractivity contribution < 1.29 is 18.7 Å². The maximum Gasteiger partial charge on any atom is 0.252 e. The Morgan fingerprint density at radius 1 is 1.22 bits per heavy atom. The lowest BCUT2D eigenvalue weighted by molar-refractivity contribution is -0.132. The molecule has 1 aromatic rings. The van der Waals surface area contributed by atoms with E-state index >= 15 is 0 Å². The highest BCUT2D eigenvalue weighted by Gasteiger charge is 2.44. The summed E-state index contributed by atoms with van der Waals surface area (Å²) in [6.45, 7) is 3.81. The number of hydrogen-bond acceptors (Lipinski definition) is 4. The van der Waals surface area contributed by atoms with Crippen LogP contribution in [0.3, 0.4) is 0 Å². The Labute approximate surface area is 157 Å². The molecule has 2 heterocycles. The number of nitrogens with zero attached hydrogens (tertiary/aromatic N) is 1. The zero-order chi connectivity index (χ0) is 19.0. The lowest BCUT2D eigenvalue weighted by Gasteiger charge is -2.40. The van der Waals surface area contributed by atoms with Crippen LogP contribution in [0.4, 0.5) is 4.39 Å². The number of ketones is 1. The van der Waals surface area contributed by atoms with Crippen molar-refractivity contribution in [1.29, 1.82) is 0 Å². The second-order valence-electron chi connectivity index (χ2n) is 7.21. The first-order valence-electron chi connectivity index (χ1n) is 9.40. The molecule has 5 nitrogen and oxygen atoms in total. The van der Waals surface area contributed by atoms with Gasteiger partial charge in [0.15, 0.2) is 0 Å². The fraction of sp³-hybridized carbons (Fsp3) is 0.429. The van der Waals surface area contributed by atoms with Crippen molar-refractivity contribution in [2.24, 2.45) is 5.92 Å². The van der Waals surface area contributed by atoms with Crippen LogP contribution >= 0.6 is 0 Å². The van der Waals surface area contributed by atoms with E-state index in [1.807, 2.05) is 13.0 Å². The molecule has 2 unspecified atom stereocenters. The molecule has 0 spiro atoms. The highest BCUT2D eigenvalue weighted by atomic mass is 19.1. The molecular weight excluding hydrogens is 347 g/mol. The number of carbonyl (C=O) groups excluding carboxylic acids is 2. The zero-order valence-corrected chi connectivity index (χ0v) is 15.3. The normalized spacial score (nSPS) is 25.6. The summed E-state index contributed by atoms with van der Waals surface area (Å²) in [6.07, 6.45) is 3.08. The van der Waals surface area contributed by atoms with Gasteiger partial charge in [0.25, 0.3) is 5.91 Å². The van der Waals surface area contributed by atoms with E-state index in [-0.39, 0.29) is 17.5 Å². The molecule has 2 aliphatic heterocycles. The Morgan fingerprint density at radius 3 is 2.70 bits per heavy atom. The average molecular weight is 370 g/mol. The van der Waals surface area contributed by atoms with Gasteiger partial charge in [-0.05, 0) is 25.0 Å². The third kappa shape index (κ3) is 3.18. The summed E-state index contributed by atoms with van der Waals surface area (Å²) in [5.41, 5.74) is 2.37. The number of hydrogen-bond donors (Lipinski definition) is 1. The smallest absolute Gasteiger partial charge is 0.252 e. The van der Waals surface area contributed by atoms with E-state index in [0.717, 1.165) is 5.70 Å². The van der Waals surface area contributed by atoms with E-state index in [1.54, 1.807) is 23.1 Å². The van der Waals surface area contributed by atoms with Crippen LogP contribution in [0, 0.1) is 11.7 Å². The molecule has 6 heteroatoms. The Morgan fingerprint density at radius 2 is 1.96 bits per heavy atom. The molecule has 2 atom stereocenters. The lowest BCUT2D eigenvalue weighted by Crippen LogP contribution is -2.47. The summed E-state index contributed by atoms with van der Waals surface area (Å²) in [7, 11) is 0. The maximum absolute atomic E-state index is 14.7. The molecule has 1 fully saturated rings. The average Bonchev–Trinajstić information content (AvgIpc) is 2.68. The summed E-state index contributed by atoms with van der Waals surface area (Å²) in [4.78, 5) is 27.9. The van der Waals surface area contributed by atoms with Gasteiger partial charge in [-0.1, -0.05) is 24.3 Å². The molecular formula is C21H23FN2O3. The molecule has 1 saturated heterocycles. The molecule has 0 bridgehead atoms. The van der Waals surface area contributed by atoms with E-state index < -0.39 is 11.8 Å². The largest absolute Gasteiger partial charge is 0.378 e.